The fourth-order valence-corrected chi connectivity index (χ4v) is 2.05. The van der Waals surface area contributed by atoms with Gasteiger partial charge < -0.3 is 15.4 Å². The van der Waals surface area contributed by atoms with Crippen LogP contribution in [0.25, 0.3) is 0 Å². The van der Waals surface area contributed by atoms with Crippen molar-refractivity contribution in [2.45, 2.75) is 32.8 Å². The minimum atomic E-state index is -0.207. The van der Waals surface area contributed by atoms with Crippen molar-refractivity contribution in [3.63, 3.8) is 0 Å². The van der Waals surface area contributed by atoms with E-state index < -0.39 is 0 Å². The first-order valence-electron chi connectivity index (χ1n) is 6.83. The Bertz CT molecular complexity index is 469. The molecule has 0 bridgehead atoms. The summed E-state index contributed by atoms with van der Waals surface area (Å²) in [7, 11) is 0. The molecule has 4 nitrogen and oxygen atoms in total. The first kappa shape index (κ1) is 13.9. The van der Waals surface area contributed by atoms with E-state index >= 15 is 0 Å². The molecule has 4 heteroatoms. The lowest BCUT2D eigenvalue weighted by Crippen LogP contribution is -2.40. The SMILES string of the molecule is CCCNCC(=O)c1ccc2c(c1)NCC(C)(C)O2. The Balaban J connectivity index is 2.07. The summed E-state index contributed by atoms with van der Waals surface area (Å²) >= 11 is 0. The van der Waals surface area contributed by atoms with Gasteiger partial charge in [0.05, 0.1) is 18.8 Å². The Labute approximate surface area is 114 Å². The number of ketones is 1. The van der Waals surface area contributed by atoms with Crippen LogP contribution in [0.5, 0.6) is 5.75 Å². The molecule has 0 radical (unpaired) electrons. The number of carbonyl (C=O) groups excluding carboxylic acids is 1. The minimum absolute atomic E-state index is 0.114. The topological polar surface area (TPSA) is 50.4 Å². The van der Waals surface area contributed by atoms with Crippen molar-refractivity contribution in [1.29, 1.82) is 0 Å². The Hall–Kier alpha value is -1.55. The lowest BCUT2D eigenvalue weighted by atomic mass is 10.0. The second-order valence-corrected chi connectivity index (χ2v) is 5.53. The number of hydrogen-bond donors (Lipinski definition) is 2. The summed E-state index contributed by atoms with van der Waals surface area (Å²) in [6.45, 7) is 8.16. The monoisotopic (exact) mass is 262 g/mol. The number of anilines is 1. The standard InChI is InChI=1S/C15H22N2O2/c1-4-7-16-9-13(18)11-5-6-14-12(8-11)17-10-15(2,3)19-14/h5-6,8,16-17H,4,7,9-10H2,1-3H3. The van der Waals surface area contributed by atoms with Crippen LogP contribution in [0.1, 0.15) is 37.6 Å². The molecule has 1 aromatic rings. The molecule has 1 aromatic carbocycles. The van der Waals surface area contributed by atoms with Crippen LogP contribution in [0, 0.1) is 0 Å². The van der Waals surface area contributed by atoms with Gasteiger partial charge in [0.25, 0.3) is 0 Å². The van der Waals surface area contributed by atoms with Gasteiger partial charge in [0.1, 0.15) is 11.4 Å². The first-order valence-corrected chi connectivity index (χ1v) is 6.83. The van der Waals surface area contributed by atoms with E-state index in [0.29, 0.717) is 6.54 Å². The van der Waals surface area contributed by atoms with E-state index in [-0.39, 0.29) is 11.4 Å². The van der Waals surface area contributed by atoms with Crippen molar-refractivity contribution in [3.8, 4) is 5.75 Å². The van der Waals surface area contributed by atoms with Gasteiger partial charge in [0.2, 0.25) is 0 Å². The molecule has 0 aliphatic carbocycles. The van der Waals surface area contributed by atoms with Crippen molar-refractivity contribution in [3.05, 3.63) is 23.8 Å². The second-order valence-electron chi connectivity index (χ2n) is 5.53. The Morgan fingerprint density at radius 1 is 1.47 bits per heavy atom. The van der Waals surface area contributed by atoms with Gasteiger partial charge in [-0.2, -0.15) is 0 Å². The third kappa shape index (κ3) is 3.47. The molecular weight excluding hydrogens is 240 g/mol. The van der Waals surface area contributed by atoms with E-state index in [1.165, 1.54) is 0 Å². The third-order valence-electron chi connectivity index (χ3n) is 3.10. The van der Waals surface area contributed by atoms with Gasteiger partial charge in [-0.25, -0.2) is 0 Å². The lowest BCUT2D eigenvalue weighted by Gasteiger charge is -2.33. The molecule has 0 atom stereocenters. The summed E-state index contributed by atoms with van der Waals surface area (Å²) in [6.07, 6.45) is 1.03. The predicted molar refractivity (Wildman–Crippen MR) is 77.1 cm³/mol. The first-order chi connectivity index (χ1) is 9.02. The Kier molecular flexibility index (Phi) is 4.10. The van der Waals surface area contributed by atoms with Crippen molar-refractivity contribution >= 4 is 11.5 Å². The van der Waals surface area contributed by atoms with Crippen LogP contribution in [0.3, 0.4) is 0 Å². The number of carbonyl (C=O) groups is 1. The van der Waals surface area contributed by atoms with Crippen LogP contribution in [0.2, 0.25) is 0 Å². The van der Waals surface area contributed by atoms with Crippen LogP contribution < -0.4 is 15.4 Å². The van der Waals surface area contributed by atoms with Crippen molar-refractivity contribution in [2.75, 3.05) is 25.0 Å². The van der Waals surface area contributed by atoms with Gasteiger partial charge in [-0.1, -0.05) is 6.92 Å². The van der Waals surface area contributed by atoms with Crippen LogP contribution in [-0.4, -0.2) is 31.0 Å². The van der Waals surface area contributed by atoms with E-state index in [1.54, 1.807) is 0 Å². The fraction of sp³-hybridized carbons (Fsp3) is 0.533. The van der Waals surface area contributed by atoms with Crippen LogP contribution in [0.15, 0.2) is 18.2 Å². The van der Waals surface area contributed by atoms with Crippen LogP contribution in [-0.2, 0) is 0 Å². The molecule has 0 unspecified atom stereocenters. The zero-order valence-electron chi connectivity index (χ0n) is 11.9. The van der Waals surface area contributed by atoms with Gasteiger partial charge in [0, 0.05) is 5.56 Å². The number of Topliss-reactive ketones (excluding diaryl/α,β-unsaturated/α-hetero) is 1. The average molecular weight is 262 g/mol. The van der Waals surface area contributed by atoms with Gasteiger partial charge >= 0.3 is 0 Å². The predicted octanol–water partition coefficient (Wildman–Crippen LogP) is 2.45. The van der Waals surface area contributed by atoms with E-state index in [2.05, 4.69) is 17.6 Å². The van der Waals surface area contributed by atoms with Crippen LogP contribution >= 0.6 is 0 Å². The molecule has 1 aliphatic rings. The summed E-state index contributed by atoms with van der Waals surface area (Å²) in [5, 5.41) is 6.44. The van der Waals surface area contributed by atoms with Gasteiger partial charge in [-0.15, -0.1) is 0 Å². The van der Waals surface area contributed by atoms with Crippen molar-refractivity contribution in [1.82, 2.24) is 5.32 Å². The van der Waals surface area contributed by atoms with Crippen LogP contribution in [0.4, 0.5) is 5.69 Å². The third-order valence-corrected chi connectivity index (χ3v) is 3.10. The molecule has 0 fully saturated rings. The highest BCUT2D eigenvalue weighted by molar-refractivity contribution is 5.98. The van der Waals surface area contributed by atoms with E-state index in [0.717, 1.165) is 36.5 Å². The molecule has 0 saturated carbocycles. The van der Waals surface area contributed by atoms with E-state index in [1.807, 2.05) is 32.0 Å². The number of rotatable bonds is 5. The molecular formula is C15H22N2O2. The van der Waals surface area contributed by atoms with Gasteiger partial charge in [-0.05, 0) is 45.0 Å². The quantitative estimate of drug-likeness (QED) is 0.632. The molecule has 2 N–H and O–H groups in total. The summed E-state index contributed by atoms with van der Waals surface area (Å²) in [4.78, 5) is 12.0. The lowest BCUT2D eigenvalue weighted by molar-refractivity contribution is 0.0991. The number of ether oxygens (including phenoxy) is 1. The molecule has 0 aromatic heterocycles. The molecule has 104 valence electrons. The molecule has 19 heavy (non-hydrogen) atoms. The molecule has 0 saturated heterocycles. The summed E-state index contributed by atoms with van der Waals surface area (Å²) in [5.41, 5.74) is 1.42. The number of hydrogen-bond acceptors (Lipinski definition) is 4. The highest BCUT2D eigenvalue weighted by atomic mass is 16.5. The van der Waals surface area contributed by atoms with Gasteiger partial charge in [-0.3, -0.25) is 4.79 Å². The Morgan fingerprint density at radius 2 is 2.26 bits per heavy atom. The molecule has 1 heterocycles. The molecule has 1 aliphatic heterocycles. The maximum absolute atomic E-state index is 12.0. The number of benzene rings is 1. The van der Waals surface area contributed by atoms with Gasteiger partial charge in [0.15, 0.2) is 5.78 Å². The average Bonchev–Trinajstić information content (AvgIpc) is 2.37. The molecule has 0 amide bonds. The summed E-state index contributed by atoms with van der Waals surface area (Å²) in [5.74, 6) is 0.928. The zero-order valence-corrected chi connectivity index (χ0v) is 11.9. The normalized spacial score (nSPS) is 16.2. The zero-order chi connectivity index (χ0) is 13.9. The molecule has 0 spiro atoms. The second kappa shape index (κ2) is 5.61. The highest BCUT2D eigenvalue weighted by Gasteiger charge is 2.26. The van der Waals surface area contributed by atoms with Crippen molar-refractivity contribution in [2.24, 2.45) is 0 Å². The highest BCUT2D eigenvalue weighted by Crippen LogP contribution is 2.33. The fourth-order valence-electron chi connectivity index (χ4n) is 2.05. The summed E-state index contributed by atoms with van der Waals surface area (Å²) in [6, 6.07) is 5.58. The number of fused-ring (bicyclic) bond motifs is 1. The smallest absolute Gasteiger partial charge is 0.176 e. The Morgan fingerprint density at radius 3 is 3.00 bits per heavy atom. The minimum Gasteiger partial charge on any atom is -0.484 e. The largest absolute Gasteiger partial charge is 0.484 e. The van der Waals surface area contributed by atoms with Crippen molar-refractivity contribution < 1.29 is 9.53 Å². The van der Waals surface area contributed by atoms with E-state index in [4.69, 9.17) is 4.74 Å². The molecule has 2 rings (SSSR count). The maximum Gasteiger partial charge on any atom is 0.176 e. The number of nitrogens with one attached hydrogen (secondary N) is 2. The summed E-state index contributed by atoms with van der Waals surface area (Å²) < 4.78 is 5.86. The van der Waals surface area contributed by atoms with E-state index in [9.17, 15) is 4.79 Å². The maximum atomic E-state index is 12.0.